The van der Waals surface area contributed by atoms with Crippen molar-refractivity contribution in [3.05, 3.63) is 76.8 Å². The number of hydrogen-bond donors (Lipinski definition) is 1. The second-order valence-electron chi connectivity index (χ2n) is 5.47. The minimum atomic E-state index is -0.119. The van der Waals surface area contributed by atoms with E-state index in [0.717, 1.165) is 21.7 Å². The molecule has 0 aromatic heterocycles. The topological polar surface area (TPSA) is 38.3 Å². The van der Waals surface area contributed by atoms with Crippen molar-refractivity contribution in [1.29, 1.82) is 0 Å². The molecule has 1 amide bonds. The van der Waals surface area contributed by atoms with Gasteiger partial charge in [0.2, 0.25) is 0 Å². The Balaban J connectivity index is 1.52. The van der Waals surface area contributed by atoms with Crippen LogP contribution in [0.1, 0.15) is 5.56 Å². The average Bonchev–Trinajstić information content (AvgIpc) is 2.62. The van der Waals surface area contributed by atoms with E-state index in [1.807, 2.05) is 54.6 Å². The van der Waals surface area contributed by atoms with E-state index in [1.54, 1.807) is 0 Å². The van der Waals surface area contributed by atoms with Crippen LogP contribution in [0, 0.1) is 0 Å². The van der Waals surface area contributed by atoms with Gasteiger partial charge in [0.1, 0.15) is 5.75 Å². The van der Waals surface area contributed by atoms with E-state index >= 15 is 0 Å². The van der Waals surface area contributed by atoms with Gasteiger partial charge in [-0.2, -0.15) is 0 Å². The number of carbonyl (C=O) groups excluding carboxylic acids is 1. The van der Waals surface area contributed by atoms with E-state index in [9.17, 15) is 4.79 Å². The highest BCUT2D eigenvalue weighted by molar-refractivity contribution is 9.10. The van der Waals surface area contributed by atoms with Gasteiger partial charge >= 0.3 is 0 Å². The number of benzene rings is 3. The molecule has 0 radical (unpaired) electrons. The Bertz CT molecular complexity index is 833. The molecule has 0 aliphatic carbocycles. The lowest BCUT2D eigenvalue weighted by atomic mass is 10.1. The smallest absolute Gasteiger partial charge is 0.257 e. The van der Waals surface area contributed by atoms with Gasteiger partial charge in [-0.1, -0.05) is 60.7 Å². The molecule has 0 atom stereocenters. The fraction of sp³-hybridized carbons (Fsp3) is 0.150. The van der Waals surface area contributed by atoms with Gasteiger partial charge < -0.3 is 10.1 Å². The van der Waals surface area contributed by atoms with Gasteiger partial charge in [-0.3, -0.25) is 4.79 Å². The van der Waals surface area contributed by atoms with Crippen LogP contribution < -0.4 is 10.1 Å². The van der Waals surface area contributed by atoms with Crippen molar-refractivity contribution >= 4 is 32.6 Å². The normalized spacial score (nSPS) is 10.5. The van der Waals surface area contributed by atoms with E-state index in [2.05, 4.69) is 33.4 Å². The van der Waals surface area contributed by atoms with Crippen molar-refractivity contribution in [2.24, 2.45) is 0 Å². The highest BCUT2D eigenvalue weighted by Gasteiger charge is 2.08. The van der Waals surface area contributed by atoms with E-state index in [1.165, 1.54) is 5.56 Å². The minimum absolute atomic E-state index is 0.00568. The van der Waals surface area contributed by atoms with Crippen LogP contribution in [0.2, 0.25) is 0 Å². The molecule has 4 heteroatoms. The lowest BCUT2D eigenvalue weighted by Gasteiger charge is -2.10. The molecule has 0 unspecified atom stereocenters. The summed E-state index contributed by atoms with van der Waals surface area (Å²) >= 11 is 3.56. The summed E-state index contributed by atoms with van der Waals surface area (Å²) in [5.41, 5.74) is 1.20. The Morgan fingerprint density at radius 1 is 0.958 bits per heavy atom. The Hall–Kier alpha value is -2.33. The van der Waals surface area contributed by atoms with Crippen LogP contribution in [-0.4, -0.2) is 19.1 Å². The monoisotopic (exact) mass is 383 g/mol. The van der Waals surface area contributed by atoms with Gasteiger partial charge in [0.05, 0.1) is 4.47 Å². The molecule has 0 spiro atoms. The predicted molar refractivity (Wildman–Crippen MR) is 100 cm³/mol. The molecule has 0 heterocycles. The van der Waals surface area contributed by atoms with E-state index in [4.69, 9.17) is 4.74 Å². The fourth-order valence-corrected chi connectivity index (χ4v) is 3.12. The summed E-state index contributed by atoms with van der Waals surface area (Å²) in [7, 11) is 0. The number of halogens is 1. The second kappa shape index (κ2) is 7.97. The van der Waals surface area contributed by atoms with Crippen molar-refractivity contribution in [1.82, 2.24) is 5.32 Å². The van der Waals surface area contributed by atoms with Gasteiger partial charge in [0.15, 0.2) is 6.61 Å². The van der Waals surface area contributed by atoms with Crippen molar-refractivity contribution < 1.29 is 9.53 Å². The number of carbonyl (C=O) groups is 1. The first kappa shape index (κ1) is 16.5. The van der Waals surface area contributed by atoms with E-state index in [0.29, 0.717) is 12.3 Å². The van der Waals surface area contributed by atoms with Crippen LogP contribution in [-0.2, 0) is 11.2 Å². The third kappa shape index (κ3) is 4.15. The molecule has 3 nitrogen and oxygen atoms in total. The summed E-state index contributed by atoms with van der Waals surface area (Å²) in [4.78, 5) is 11.9. The lowest BCUT2D eigenvalue weighted by Crippen LogP contribution is -2.30. The molecule has 3 aromatic rings. The summed E-state index contributed by atoms with van der Waals surface area (Å²) < 4.78 is 6.52. The summed E-state index contributed by atoms with van der Waals surface area (Å²) in [6, 6.07) is 22.0. The molecule has 3 aromatic carbocycles. The molecule has 0 fully saturated rings. The second-order valence-corrected chi connectivity index (χ2v) is 6.27. The molecule has 0 aliphatic rings. The molecule has 122 valence electrons. The van der Waals surface area contributed by atoms with Crippen LogP contribution in [0.15, 0.2) is 71.2 Å². The maximum absolute atomic E-state index is 11.9. The molecular weight excluding hydrogens is 366 g/mol. The molecule has 1 N–H and O–H groups in total. The Morgan fingerprint density at radius 3 is 2.54 bits per heavy atom. The standard InChI is InChI=1S/C20H18BrNO2/c21-20-17-9-5-4-8-16(17)10-11-18(20)24-14-19(23)22-13-12-15-6-2-1-3-7-15/h1-11H,12-14H2,(H,22,23). The van der Waals surface area contributed by atoms with E-state index < -0.39 is 0 Å². The van der Waals surface area contributed by atoms with Gasteiger partial charge in [0.25, 0.3) is 5.91 Å². The third-order valence-electron chi connectivity index (χ3n) is 3.77. The zero-order chi connectivity index (χ0) is 16.8. The highest BCUT2D eigenvalue weighted by Crippen LogP contribution is 2.32. The number of hydrogen-bond acceptors (Lipinski definition) is 2. The SMILES string of the molecule is O=C(COc1ccc2ccccc2c1Br)NCCc1ccccc1. The highest BCUT2D eigenvalue weighted by atomic mass is 79.9. The fourth-order valence-electron chi connectivity index (χ4n) is 2.51. The molecule has 3 rings (SSSR count). The largest absolute Gasteiger partial charge is 0.483 e. The van der Waals surface area contributed by atoms with Crippen LogP contribution in [0.5, 0.6) is 5.75 Å². The van der Waals surface area contributed by atoms with Gasteiger partial charge in [-0.05, 0) is 44.8 Å². The number of fused-ring (bicyclic) bond motifs is 1. The predicted octanol–water partition coefficient (Wildman–Crippen LogP) is 4.34. The number of rotatable bonds is 6. The number of amides is 1. The van der Waals surface area contributed by atoms with Crippen LogP contribution in [0.25, 0.3) is 10.8 Å². The first-order chi connectivity index (χ1) is 11.7. The van der Waals surface area contributed by atoms with Crippen LogP contribution in [0.3, 0.4) is 0 Å². The number of ether oxygens (including phenoxy) is 1. The quantitative estimate of drug-likeness (QED) is 0.687. The lowest BCUT2D eigenvalue weighted by molar-refractivity contribution is -0.123. The molecule has 0 bridgehead atoms. The Morgan fingerprint density at radius 2 is 1.71 bits per heavy atom. The van der Waals surface area contributed by atoms with Crippen molar-refractivity contribution in [2.75, 3.05) is 13.2 Å². The zero-order valence-corrected chi connectivity index (χ0v) is 14.8. The molecule has 0 aliphatic heterocycles. The third-order valence-corrected chi connectivity index (χ3v) is 4.58. The summed E-state index contributed by atoms with van der Waals surface area (Å²) in [6.45, 7) is 0.608. The Labute approximate surface area is 149 Å². The van der Waals surface area contributed by atoms with Gasteiger partial charge in [-0.25, -0.2) is 0 Å². The summed E-state index contributed by atoms with van der Waals surface area (Å²) in [5.74, 6) is 0.554. The summed E-state index contributed by atoms with van der Waals surface area (Å²) in [6.07, 6.45) is 0.812. The molecule has 24 heavy (non-hydrogen) atoms. The van der Waals surface area contributed by atoms with Crippen molar-refractivity contribution in [3.8, 4) is 5.75 Å². The maximum atomic E-state index is 11.9. The van der Waals surface area contributed by atoms with Crippen LogP contribution in [0.4, 0.5) is 0 Å². The molecule has 0 saturated heterocycles. The average molecular weight is 384 g/mol. The first-order valence-corrected chi connectivity index (χ1v) is 8.64. The van der Waals surface area contributed by atoms with Crippen molar-refractivity contribution in [3.63, 3.8) is 0 Å². The molecular formula is C20H18BrNO2. The molecule has 0 saturated carbocycles. The Kier molecular flexibility index (Phi) is 5.49. The maximum Gasteiger partial charge on any atom is 0.257 e. The first-order valence-electron chi connectivity index (χ1n) is 7.85. The van der Waals surface area contributed by atoms with Gasteiger partial charge in [-0.15, -0.1) is 0 Å². The van der Waals surface area contributed by atoms with E-state index in [-0.39, 0.29) is 12.5 Å². The zero-order valence-electron chi connectivity index (χ0n) is 13.2. The van der Waals surface area contributed by atoms with Crippen molar-refractivity contribution in [2.45, 2.75) is 6.42 Å². The number of nitrogens with one attached hydrogen (secondary N) is 1. The summed E-state index contributed by atoms with van der Waals surface area (Å²) in [5, 5.41) is 5.08. The minimum Gasteiger partial charge on any atom is -0.483 e. The van der Waals surface area contributed by atoms with Gasteiger partial charge in [0, 0.05) is 6.54 Å². The van der Waals surface area contributed by atoms with Crippen LogP contribution >= 0.6 is 15.9 Å².